The van der Waals surface area contributed by atoms with Crippen molar-refractivity contribution in [2.24, 2.45) is 0 Å². The number of hydrogen-bond acceptors (Lipinski definition) is 6. The second kappa shape index (κ2) is 7.79. The standard InChI is InChI=1S/C20H29N3O2S/c1-4-24-11-13-5-10-16-17(13)18-19(21-12-22-20(18)26-16)25-15-8-6-14(7-9-15)23(2)3/h12-15H,4-11H2,1-3H3/t13-,14?,15?/m0/s1. The van der Waals surface area contributed by atoms with Gasteiger partial charge in [-0.15, -0.1) is 11.3 Å². The van der Waals surface area contributed by atoms with Crippen LogP contribution < -0.4 is 4.74 Å². The molecule has 142 valence electrons. The highest BCUT2D eigenvalue weighted by Crippen LogP contribution is 2.46. The molecule has 0 unspecified atom stereocenters. The van der Waals surface area contributed by atoms with Gasteiger partial charge >= 0.3 is 0 Å². The topological polar surface area (TPSA) is 47.5 Å². The van der Waals surface area contributed by atoms with Crippen molar-refractivity contribution >= 4 is 21.6 Å². The van der Waals surface area contributed by atoms with Crippen molar-refractivity contribution in [2.45, 2.75) is 63.5 Å². The maximum Gasteiger partial charge on any atom is 0.225 e. The van der Waals surface area contributed by atoms with Crippen LogP contribution >= 0.6 is 11.3 Å². The average molecular weight is 376 g/mol. The molecule has 0 N–H and O–H groups in total. The van der Waals surface area contributed by atoms with Crippen molar-refractivity contribution in [2.75, 3.05) is 27.3 Å². The number of fused-ring (bicyclic) bond motifs is 3. The number of aryl methyl sites for hydroxylation is 1. The molecule has 1 saturated carbocycles. The van der Waals surface area contributed by atoms with E-state index in [-0.39, 0.29) is 6.10 Å². The number of hydrogen-bond donors (Lipinski definition) is 0. The van der Waals surface area contributed by atoms with Gasteiger partial charge in [-0.3, -0.25) is 0 Å². The highest BCUT2D eigenvalue weighted by Gasteiger charge is 2.31. The van der Waals surface area contributed by atoms with E-state index in [1.165, 1.54) is 29.7 Å². The van der Waals surface area contributed by atoms with E-state index in [4.69, 9.17) is 9.47 Å². The zero-order chi connectivity index (χ0) is 18.1. The highest BCUT2D eigenvalue weighted by atomic mass is 32.1. The largest absolute Gasteiger partial charge is 0.474 e. The van der Waals surface area contributed by atoms with E-state index in [9.17, 15) is 0 Å². The Morgan fingerprint density at radius 1 is 1.15 bits per heavy atom. The fourth-order valence-electron chi connectivity index (χ4n) is 4.39. The molecule has 0 saturated heterocycles. The normalized spacial score (nSPS) is 25.8. The van der Waals surface area contributed by atoms with Gasteiger partial charge in [0.15, 0.2) is 0 Å². The molecule has 0 spiro atoms. The first-order valence-electron chi connectivity index (χ1n) is 9.84. The lowest BCUT2D eigenvalue weighted by Gasteiger charge is -2.32. The lowest BCUT2D eigenvalue weighted by Crippen LogP contribution is -2.35. The third-order valence-corrected chi connectivity index (χ3v) is 7.04. The summed E-state index contributed by atoms with van der Waals surface area (Å²) in [5.41, 5.74) is 1.40. The van der Waals surface area contributed by atoms with Crippen LogP contribution in [-0.2, 0) is 11.2 Å². The van der Waals surface area contributed by atoms with Gasteiger partial charge in [-0.2, -0.15) is 0 Å². The molecule has 0 amide bonds. The molecule has 2 heterocycles. The lowest BCUT2D eigenvalue weighted by molar-refractivity contribution is 0.108. The smallest absolute Gasteiger partial charge is 0.225 e. The van der Waals surface area contributed by atoms with Crippen LogP contribution in [-0.4, -0.2) is 54.3 Å². The van der Waals surface area contributed by atoms with Gasteiger partial charge in [-0.1, -0.05) is 0 Å². The Hall–Kier alpha value is -1.24. The predicted octanol–water partition coefficient (Wildman–Crippen LogP) is 4.01. The number of aromatic nitrogens is 2. The minimum absolute atomic E-state index is 0.270. The van der Waals surface area contributed by atoms with Crippen molar-refractivity contribution in [3.05, 3.63) is 16.8 Å². The van der Waals surface area contributed by atoms with Crippen molar-refractivity contribution in [3.8, 4) is 5.88 Å². The Labute approximate surface area is 159 Å². The van der Waals surface area contributed by atoms with Crippen molar-refractivity contribution in [1.29, 1.82) is 0 Å². The summed E-state index contributed by atoms with van der Waals surface area (Å²) in [6.07, 6.45) is 8.81. The number of nitrogens with zero attached hydrogens (tertiary/aromatic N) is 3. The summed E-state index contributed by atoms with van der Waals surface area (Å²) >= 11 is 1.81. The van der Waals surface area contributed by atoms with E-state index >= 15 is 0 Å². The summed E-state index contributed by atoms with van der Waals surface area (Å²) < 4.78 is 12.2. The first-order chi connectivity index (χ1) is 12.7. The van der Waals surface area contributed by atoms with Crippen molar-refractivity contribution in [1.82, 2.24) is 14.9 Å². The molecule has 1 fully saturated rings. The van der Waals surface area contributed by atoms with Crippen LogP contribution in [0.4, 0.5) is 0 Å². The molecule has 6 heteroatoms. The third-order valence-electron chi connectivity index (χ3n) is 5.87. The Kier molecular flexibility index (Phi) is 5.43. The predicted molar refractivity (Wildman–Crippen MR) is 105 cm³/mol. The molecule has 2 aromatic heterocycles. The second-order valence-corrected chi connectivity index (χ2v) is 8.79. The van der Waals surface area contributed by atoms with Crippen LogP contribution in [0.25, 0.3) is 10.2 Å². The summed E-state index contributed by atoms with van der Waals surface area (Å²) in [6.45, 7) is 3.61. The van der Waals surface area contributed by atoms with Gasteiger partial charge in [-0.05, 0) is 65.1 Å². The minimum atomic E-state index is 0.270. The van der Waals surface area contributed by atoms with E-state index < -0.39 is 0 Å². The highest BCUT2D eigenvalue weighted by molar-refractivity contribution is 7.19. The van der Waals surface area contributed by atoms with Gasteiger partial charge in [-0.25, -0.2) is 9.97 Å². The quantitative estimate of drug-likeness (QED) is 0.763. The van der Waals surface area contributed by atoms with Crippen molar-refractivity contribution < 1.29 is 9.47 Å². The zero-order valence-corrected chi connectivity index (χ0v) is 16.8. The van der Waals surface area contributed by atoms with Crippen LogP contribution in [0.5, 0.6) is 5.88 Å². The Morgan fingerprint density at radius 3 is 2.69 bits per heavy atom. The van der Waals surface area contributed by atoms with Crippen LogP contribution in [0.15, 0.2) is 6.33 Å². The Morgan fingerprint density at radius 2 is 1.96 bits per heavy atom. The Bertz CT molecular complexity index is 753. The first-order valence-corrected chi connectivity index (χ1v) is 10.7. The number of ether oxygens (including phenoxy) is 2. The summed E-state index contributed by atoms with van der Waals surface area (Å²) in [5.74, 6) is 1.25. The van der Waals surface area contributed by atoms with Crippen LogP contribution in [0.3, 0.4) is 0 Å². The van der Waals surface area contributed by atoms with E-state index in [1.54, 1.807) is 6.33 Å². The van der Waals surface area contributed by atoms with Gasteiger partial charge < -0.3 is 14.4 Å². The molecule has 0 bridgehead atoms. The first kappa shape index (κ1) is 18.1. The van der Waals surface area contributed by atoms with E-state index in [2.05, 4.69) is 35.9 Å². The maximum absolute atomic E-state index is 6.43. The molecule has 4 rings (SSSR count). The van der Waals surface area contributed by atoms with Crippen LogP contribution in [0.2, 0.25) is 0 Å². The SMILES string of the molecule is CCOC[C@@H]1CCc2sc3ncnc(OC4CCC(N(C)C)CC4)c3c21. The van der Waals surface area contributed by atoms with Gasteiger partial charge in [0, 0.05) is 23.4 Å². The van der Waals surface area contributed by atoms with E-state index in [0.717, 1.165) is 48.6 Å². The van der Waals surface area contributed by atoms with Crippen LogP contribution in [0, 0.1) is 0 Å². The molecule has 0 aromatic carbocycles. The molecule has 1 atom stereocenters. The van der Waals surface area contributed by atoms with Gasteiger partial charge in [0.05, 0.1) is 12.0 Å². The second-order valence-electron chi connectivity index (χ2n) is 7.70. The summed E-state index contributed by atoms with van der Waals surface area (Å²) in [6, 6.07) is 0.682. The summed E-state index contributed by atoms with van der Waals surface area (Å²) in [7, 11) is 4.35. The molecule has 26 heavy (non-hydrogen) atoms. The molecular weight excluding hydrogens is 346 g/mol. The number of thiophene rings is 1. The van der Waals surface area contributed by atoms with Crippen LogP contribution in [0.1, 0.15) is 55.4 Å². The zero-order valence-electron chi connectivity index (χ0n) is 16.0. The van der Waals surface area contributed by atoms with E-state index in [0.29, 0.717) is 12.0 Å². The van der Waals surface area contributed by atoms with Gasteiger partial charge in [0.1, 0.15) is 17.3 Å². The fraction of sp³-hybridized carbons (Fsp3) is 0.700. The van der Waals surface area contributed by atoms with Gasteiger partial charge in [0.2, 0.25) is 5.88 Å². The third kappa shape index (κ3) is 3.47. The number of rotatable bonds is 6. The van der Waals surface area contributed by atoms with Gasteiger partial charge in [0.25, 0.3) is 0 Å². The average Bonchev–Trinajstić information content (AvgIpc) is 3.20. The summed E-state index contributed by atoms with van der Waals surface area (Å²) in [5, 5.41) is 1.16. The molecule has 5 nitrogen and oxygen atoms in total. The molecule has 2 aliphatic rings. The maximum atomic E-state index is 6.43. The van der Waals surface area contributed by atoms with E-state index in [1.807, 2.05) is 11.3 Å². The molecule has 2 aromatic rings. The molecule has 2 aliphatic carbocycles. The summed E-state index contributed by atoms with van der Waals surface area (Å²) in [4.78, 5) is 13.9. The van der Waals surface area contributed by atoms with Crippen molar-refractivity contribution in [3.63, 3.8) is 0 Å². The minimum Gasteiger partial charge on any atom is -0.474 e. The lowest BCUT2D eigenvalue weighted by atomic mass is 9.92. The molecule has 0 radical (unpaired) electrons. The monoisotopic (exact) mass is 375 g/mol. The Balaban J connectivity index is 1.56. The molecule has 0 aliphatic heterocycles. The fourth-order valence-corrected chi connectivity index (χ4v) is 5.63. The molecular formula is C20H29N3O2S.